The Hall–Kier alpha value is -3.76. The number of anilines is 1. The number of hydrogen-bond acceptors (Lipinski definition) is 6. The Morgan fingerprint density at radius 3 is 2.47 bits per heavy atom. The summed E-state index contributed by atoms with van der Waals surface area (Å²) < 4.78 is 43.9. The van der Waals surface area contributed by atoms with Gasteiger partial charge in [0.05, 0.1) is 24.4 Å². The number of nitrogens with one attached hydrogen (secondary N) is 1. The Morgan fingerprint density at radius 2 is 1.87 bits per heavy atom. The molecule has 1 aromatic heterocycles. The van der Waals surface area contributed by atoms with Crippen LogP contribution in [0.5, 0.6) is 0 Å². The third-order valence-electron chi connectivity index (χ3n) is 3.96. The average Bonchev–Trinajstić information content (AvgIpc) is 2.95. The highest BCUT2D eigenvalue weighted by molar-refractivity contribution is 6.29. The van der Waals surface area contributed by atoms with Crippen molar-refractivity contribution < 1.29 is 27.5 Å². The van der Waals surface area contributed by atoms with Crippen LogP contribution >= 0.6 is 0 Å². The molecule has 0 radical (unpaired) electrons. The number of alkyl halides is 3. The molecule has 2 aromatic rings. The molecule has 0 atom stereocenters. The number of methoxy groups -OCH3 is 1. The van der Waals surface area contributed by atoms with Gasteiger partial charge in [-0.25, -0.2) is 19.7 Å². The summed E-state index contributed by atoms with van der Waals surface area (Å²) >= 11 is 0. The standard InChI is InChI=1S/C19H16F3N5O3/c1-10-7-11(2)24-17(23-10)26-18-25-14(9-15(28)30-3)16(29)27(18)13-6-4-5-12(8-13)19(20,21)22/h4-9H,1-3H3,(H,23,24,25,26)/b14-9+. The highest BCUT2D eigenvalue weighted by atomic mass is 19.4. The third-order valence-corrected chi connectivity index (χ3v) is 3.96. The van der Waals surface area contributed by atoms with Gasteiger partial charge in [-0.15, -0.1) is 0 Å². The molecule has 1 amide bonds. The molecule has 0 bridgehead atoms. The van der Waals surface area contributed by atoms with Gasteiger partial charge in [-0.2, -0.15) is 18.2 Å². The lowest BCUT2D eigenvalue weighted by Gasteiger charge is -2.17. The van der Waals surface area contributed by atoms with Crippen molar-refractivity contribution in [3.63, 3.8) is 0 Å². The number of hydrogen-bond donors (Lipinski definition) is 1. The van der Waals surface area contributed by atoms with E-state index in [9.17, 15) is 22.8 Å². The number of esters is 1. The fraction of sp³-hybridized carbons (Fsp3) is 0.211. The first kappa shape index (κ1) is 21.0. The topological polar surface area (TPSA) is 96.8 Å². The zero-order chi connectivity index (χ0) is 22.1. The molecular weight excluding hydrogens is 403 g/mol. The van der Waals surface area contributed by atoms with Gasteiger partial charge < -0.3 is 10.1 Å². The monoisotopic (exact) mass is 419 g/mol. The minimum Gasteiger partial charge on any atom is -0.466 e. The van der Waals surface area contributed by atoms with Gasteiger partial charge in [0, 0.05) is 11.4 Å². The second kappa shape index (κ2) is 7.93. The number of guanidine groups is 1. The molecule has 0 saturated carbocycles. The van der Waals surface area contributed by atoms with Gasteiger partial charge in [0.1, 0.15) is 5.70 Å². The van der Waals surface area contributed by atoms with Gasteiger partial charge in [-0.05, 0) is 38.1 Å². The first-order valence-corrected chi connectivity index (χ1v) is 8.58. The quantitative estimate of drug-likeness (QED) is 0.607. The molecule has 1 fully saturated rings. The smallest absolute Gasteiger partial charge is 0.416 e. The van der Waals surface area contributed by atoms with E-state index in [0.29, 0.717) is 11.4 Å². The molecular formula is C19H16F3N5O3. The summed E-state index contributed by atoms with van der Waals surface area (Å²) in [5.41, 5.74) is -0.0365. The number of nitrogens with zero attached hydrogens (tertiary/aromatic N) is 4. The molecule has 1 aliphatic heterocycles. The predicted octanol–water partition coefficient (Wildman–Crippen LogP) is 2.79. The Kier molecular flexibility index (Phi) is 5.54. The number of aliphatic imine (C=N–C) groups is 1. The van der Waals surface area contributed by atoms with E-state index in [-0.39, 0.29) is 23.3 Å². The largest absolute Gasteiger partial charge is 0.466 e. The zero-order valence-corrected chi connectivity index (χ0v) is 16.1. The zero-order valence-electron chi connectivity index (χ0n) is 16.1. The summed E-state index contributed by atoms with van der Waals surface area (Å²) in [6, 6.07) is 5.88. The summed E-state index contributed by atoms with van der Waals surface area (Å²) in [6.45, 7) is 3.44. The summed E-state index contributed by atoms with van der Waals surface area (Å²) in [7, 11) is 1.13. The normalized spacial score (nSPS) is 16.9. The van der Waals surface area contributed by atoms with E-state index < -0.39 is 23.6 Å². The maximum atomic E-state index is 13.1. The molecule has 2 heterocycles. The Balaban J connectivity index is 2.13. The molecule has 11 heteroatoms. The van der Waals surface area contributed by atoms with Gasteiger partial charge in [0.15, 0.2) is 0 Å². The van der Waals surface area contributed by atoms with Crippen molar-refractivity contribution in [3.05, 3.63) is 59.1 Å². The molecule has 1 N–H and O–H groups in total. The second-order valence-electron chi connectivity index (χ2n) is 6.28. The predicted molar refractivity (Wildman–Crippen MR) is 101 cm³/mol. The van der Waals surface area contributed by atoms with Crippen LogP contribution in [0.2, 0.25) is 0 Å². The number of carbonyl (C=O) groups excluding carboxylic acids is 2. The highest BCUT2D eigenvalue weighted by Gasteiger charge is 2.36. The van der Waals surface area contributed by atoms with E-state index in [1.54, 1.807) is 19.9 Å². The number of aryl methyl sites for hydroxylation is 2. The highest BCUT2D eigenvalue weighted by Crippen LogP contribution is 2.33. The minimum atomic E-state index is -4.61. The number of rotatable bonds is 3. The fourth-order valence-electron chi connectivity index (χ4n) is 2.71. The lowest BCUT2D eigenvalue weighted by molar-refractivity contribution is -0.137. The van der Waals surface area contributed by atoms with Crippen molar-refractivity contribution in [1.82, 2.24) is 15.3 Å². The molecule has 0 unspecified atom stereocenters. The van der Waals surface area contributed by atoms with Crippen molar-refractivity contribution >= 4 is 29.5 Å². The molecule has 0 aliphatic carbocycles. The summed E-state index contributed by atoms with van der Waals surface area (Å²) in [5.74, 6) is -1.76. The molecule has 30 heavy (non-hydrogen) atoms. The molecule has 1 aliphatic rings. The average molecular weight is 419 g/mol. The van der Waals surface area contributed by atoms with Crippen LogP contribution in [0.15, 0.2) is 47.1 Å². The van der Waals surface area contributed by atoms with E-state index >= 15 is 0 Å². The van der Waals surface area contributed by atoms with Crippen LogP contribution in [-0.2, 0) is 20.5 Å². The number of aromatic nitrogens is 2. The van der Waals surface area contributed by atoms with Crippen molar-refractivity contribution in [2.45, 2.75) is 20.0 Å². The van der Waals surface area contributed by atoms with E-state index in [1.165, 1.54) is 12.1 Å². The van der Waals surface area contributed by atoms with Gasteiger partial charge in [0.25, 0.3) is 11.9 Å². The minimum absolute atomic E-state index is 0.000839. The maximum absolute atomic E-state index is 13.1. The van der Waals surface area contributed by atoms with E-state index in [4.69, 9.17) is 0 Å². The molecule has 8 nitrogen and oxygen atoms in total. The summed E-state index contributed by atoms with van der Waals surface area (Å²) in [4.78, 5) is 37.8. The SMILES string of the molecule is COC(=O)/C=C1/NC(=Nc2nc(C)cc(C)n2)N(c2cccc(C(F)(F)F)c2)C1=O. The van der Waals surface area contributed by atoms with Gasteiger partial charge in [-0.3, -0.25) is 4.79 Å². The number of carbonyl (C=O) groups is 2. The Morgan fingerprint density at radius 1 is 1.20 bits per heavy atom. The van der Waals surface area contributed by atoms with Gasteiger partial charge in [0.2, 0.25) is 5.96 Å². The maximum Gasteiger partial charge on any atom is 0.416 e. The first-order chi connectivity index (χ1) is 14.1. The third kappa shape index (κ3) is 4.45. The van der Waals surface area contributed by atoms with Crippen molar-refractivity contribution in [2.75, 3.05) is 12.0 Å². The lowest BCUT2D eigenvalue weighted by atomic mass is 10.2. The van der Waals surface area contributed by atoms with Crippen LogP contribution in [-0.4, -0.2) is 34.9 Å². The number of ether oxygens (including phenoxy) is 1. The number of amides is 1. The Labute approximate surface area is 169 Å². The van der Waals surface area contributed by atoms with Crippen LogP contribution in [0.25, 0.3) is 0 Å². The summed E-state index contributed by atoms with van der Waals surface area (Å²) in [6.07, 6.45) is -3.72. The van der Waals surface area contributed by atoms with Gasteiger partial charge in [-0.1, -0.05) is 6.07 Å². The molecule has 156 valence electrons. The molecule has 1 aromatic carbocycles. The molecule has 1 saturated heterocycles. The van der Waals surface area contributed by atoms with E-state index in [1.807, 2.05) is 0 Å². The number of benzene rings is 1. The van der Waals surface area contributed by atoms with E-state index in [2.05, 4.69) is 25.0 Å². The van der Waals surface area contributed by atoms with Crippen LogP contribution in [0.3, 0.4) is 0 Å². The van der Waals surface area contributed by atoms with Crippen LogP contribution in [0.1, 0.15) is 17.0 Å². The Bertz CT molecular complexity index is 1060. The molecule has 3 rings (SSSR count). The summed E-state index contributed by atoms with van der Waals surface area (Å²) in [5, 5.41) is 2.63. The van der Waals surface area contributed by atoms with Crippen LogP contribution < -0.4 is 10.2 Å². The number of halogens is 3. The van der Waals surface area contributed by atoms with E-state index in [0.717, 1.165) is 30.2 Å². The van der Waals surface area contributed by atoms with Crippen molar-refractivity contribution in [1.29, 1.82) is 0 Å². The van der Waals surface area contributed by atoms with Crippen molar-refractivity contribution in [2.24, 2.45) is 4.99 Å². The van der Waals surface area contributed by atoms with Gasteiger partial charge >= 0.3 is 12.1 Å². The molecule has 0 spiro atoms. The first-order valence-electron chi connectivity index (χ1n) is 8.58. The van der Waals surface area contributed by atoms with Crippen LogP contribution in [0.4, 0.5) is 24.8 Å². The fourth-order valence-corrected chi connectivity index (χ4v) is 2.71. The van der Waals surface area contributed by atoms with Crippen molar-refractivity contribution in [3.8, 4) is 0 Å². The van der Waals surface area contributed by atoms with Crippen LogP contribution in [0, 0.1) is 13.8 Å². The lowest BCUT2D eigenvalue weighted by Crippen LogP contribution is -2.32. The second-order valence-corrected chi connectivity index (χ2v) is 6.28.